The average molecular weight is 495 g/mol. The van der Waals surface area contributed by atoms with E-state index in [1.807, 2.05) is 12.3 Å². The van der Waals surface area contributed by atoms with E-state index >= 15 is 0 Å². The Bertz CT molecular complexity index is 1250. The third-order valence-electron chi connectivity index (χ3n) is 5.20. The number of aryl methyl sites for hydroxylation is 1. The van der Waals surface area contributed by atoms with Crippen molar-refractivity contribution in [2.45, 2.75) is 25.3 Å². The molecule has 3 heterocycles. The van der Waals surface area contributed by atoms with E-state index in [1.165, 1.54) is 17.5 Å². The molecule has 4 rings (SSSR count). The standard InChI is InChI=1S/C21H23ClN4O4S2/c1-14-13-31-21(23-14)19-10-16(11-26(19)12-20(27)25-6-8-30-9-7-25)32(28,29)24-18-5-3-4-17(22)15(18)2/h3-5,10-11,13,24H,6-9,12H2,1-2H3. The van der Waals surface area contributed by atoms with Crippen LogP contribution in [0.5, 0.6) is 0 Å². The third-order valence-corrected chi connectivity index (χ3v) is 7.93. The number of carbonyl (C=O) groups is 1. The molecule has 0 radical (unpaired) electrons. The third kappa shape index (κ3) is 4.83. The summed E-state index contributed by atoms with van der Waals surface area (Å²) in [5, 5.41) is 3.01. The van der Waals surface area contributed by atoms with E-state index in [0.29, 0.717) is 53.3 Å². The second kappa shape index (κ2) is 9.22. The molecule has 8 nitrogen and oxygen atoms in total. The van der Waals surface area contributed by atoms with Gasteiger partial charge in [0.25, 0.3) is 10.0 Å². The number of carbonyl (C=O) groups excluding carboxylic acids is 1. The lowest BCUT2D eigenvalue weighted by atomic mass is 10.2. The van der Waals surface area contributed by atoms with E-state index in [1.54, 1.807) is 40.7 Å². The maximum Gasteiger partial charge on any atom is 0.263 e. The molecule has 0 aliphatic carbocycles. The van der Waals surface area contributed by atoms with Gasteiger partial charge in [-0.1, -0.05) is 17.7 Å². The average Bonchev–Trinajstić information content (AvgIpc) is 3.38. The lowest BCUT2D eigenvalue weighted by molar-refractivity contribution is -0.135. The first-order valence-corrected chi connectivity index (χ1v) is 12.7. The number of thiazole rings is 1. The fraction of sp³-hybridized carbons (Fsp3) is 0.333. The zero-order chi connectivity index (χ0) is 22.9. The van der Waals surface area contributed by atoms with Gasteiger partial charge in [-0.25, -0.2) is 13.4 Å². The molecule has 2 aromatic heterocycles. The normalized spacial score (nSPS) is 14.5. The van der Waals surface area contributed by atoms with Gasteiger partial charge in [0.2, 0.25) is 5.91 Å². The van der Waals surface area contributed by atoms with Gasteiger partial charge in [-0.2, -0.15) is 0 Å². The van der Waals surface area contributed by atoms with Gasteiger partial charge in [-0.05, 0) is 37.6 Å². The minimum absolute atomic E-state index is 0.0136. The summed E-state index contributed by atoms with van der Waals surface area (Å²) in [7, 11) is -3.91. The van der Waals surface area contributed by atoms with Crippen LogP contribution in [0.3, 0.4) is 0 Å². The monoisotopic (exact) mass is 494 g/mol. The molecule has 0 unspecified atom stereocenters. The summed E-state index contributed by atoms with van der Waals surface area (Å²) >= 11 is 7.54. The number of anilines is 1. The number of aromatic nitrogens is 2. The number of hydrogen-bond donors (Lipinski definition) is 1. The second-order valence-corrected chi connectivity index (χ2v) is 10.4. The van der Waals surface area contributed by atoms with Crippen LogP contribution in [0.4, 0.5) is 5.69 Å². The van der Waals surface area contributed by atoms with E-state index in [0.717, 1.165) is 5.69 Å². The van der Waals surface area contributed by atoms with Crippen molar-refractivity contribution in [3.63, 3.8) is 0 Å². The van der Waals surface area contributed by atoms with E-state index in [4.69, 9.17) is 16.3 Å². The van der Waals surface area contributed by atoms with Gasteiger partial charge in [-0.15, -0.1) is 11.3 Å². The van der Waals surface area contributed by atoms with Crippen molar-refractivity contribution in [1.29, 1.82) is 0 Å². The number of sulfonamides is 1. The van der Waals surface area contributed by atoms with Gasteiger partial charge >= 0.3 is 0 Å². The largest absolute Gasteiger partial charge is 0.378 e. The van der Waals surface area contributed by atoms with Crippen LogP contribution in [0.25, 0.3) is 10.7 Å². The highest BCUT2D eigenvalue weighted by molar-refractivity contribution is 7.92. The summed E-state index contributed by atoms with van der Waals surface area (Å²) < 4.78 is 35.9. The number of rotatable bonds is 6. The van der Waals surface area contributed by atoms with E-state index < -0.39 is 10.0 Å². The highest BCUT2D eigenvalue weighted by Crippen LogP contribution is 2.30. The molecule has 0 spiro atoms. The van der Waals surface area contributed by atoms with Crippen molar-refractivity contribution < 1.29 is 17.9 Å². The second-order valence-electron chi connectivity index (χ2n) is 7.49. The number of nitrogens with one attached hydrogen (secondary N) is 1. The van der Waals surface area contributed by atoms with Gasteiger partial charge < -0.3 is 14.2 Å². The Hall–Kier alpha value is -2.40. The molecule has 1 fully saturated rings. The molecule has 1 saturated heterocycles. The Morgan fingerprint density at radius 2 is 2.03 bits per heavy atom. The molecule has 0 saturated carbocycles. The molecule has 1 amide bonds. The van der Waals surface area contributed by atoms with Crippen molar-refractivity contribution in [2.75, 3.05) is 31.0 Å². The van der Waals surface area contributed by atoms with Crippen molar-refractivity contribution in [1.82, 2.24) is 14.5 Å². The molecular weight excluding hydrogens is 472 g/mol. The minimum atomic E-state index is -3.91. The highest BCUT2D eigenvalue weighted by atomic mass is 35.5. The van der Waals surface area contributed by atoms with Gasteiger partial charge in [-0.3, -0.25) is 9.52 Å². The first-order chi connectivity index (χ1) is 15.2. The maximum atomic E-state index is 13.2. The molecule has 0 bridgehead atoms. The van der Waals surface area contributed by atoms with Crippen LogP contribution in [0.15, 0.2) is 40.7 Å². The van der Waals surface area contributed by atoms with Crippen LogP contribution in [0.2, 0.25) is 5.02 Å². The number of hydrogen-bond acceptors (Lipinski definition) is 6. The quantitative estimate of drug-likeness (QED) is 0.565. The Labute approximate surface area is 195 Å². The Balaban J connectivity index is 1.68. The summed E-state index contributed by atoms with van der Waals surface area (Å²) in [6.07, 6.45) is 1.48. The molecular formula is C21H23ClN4O4S2. The number of benzene rings is 1. The SMILES string of the molecule is Cc1csc(-c2cc(S(=O)(=O)Nc3cccc(Cl)c3C)cn2CC(=O)N2CCOCC2)n1. The summed E-state index contributed by atoms with van der Waals surface area (Å²) in [5.74, 6) is -0.0963. The fourth-order valence-corrected chi connectivity index (χ4v) is 5.56. The number of nitrogens with zero attached hydrogens (tertiary/aromatic N) is 3. The molecule has 1 N–H and O–H groups in total. The Morgan fingerprint density at radius 3 is 2.72 bits per heavy atom. The Morgan fingerprint density at radius 1 is 1.28 bits per heavy atom. The van der Waals surface area contributed by atoms with Crippen molar-refractivity contribution >= 4 is 44.6 Å². The van der Waals surface area contributed by atoms with Crippen molar-refractivity contribution in [3.05, 3.63) is 52.1 Å². The zero-order valence-electron chi connectivity index (χ0n) is 17.7. The van der Waals surface area contributed by atoms with E-state index in [2.05, 4.69) is 9.71 Å². The predicted molar refractivity (Wildman–Crippen MR) is 125 cm³/mol. The van der Waals surface area contributed by atoms with Crippen LogP contribution >= 0.6 is 22.9 Å². The van der Waals surface area contributed by atoms with E-state index in [-0.39, 0.29) is 17.3 Å². The smallest absolute Gasteiger partial charge is 0.263 e. The number of ether oxygens (including phenoxy) is 1. The molecule has 170 valence electrons. The first kappa shape index (κ1) is 22.8. The molecule has 0 atom stereocenters. The van der Waals surface area contributed by atoms with Crippen LogP contribution in [-0.2, 0) is 26.1 Å². The summed E-state index contributed by atoms with van der Waals surface area (Å²) in [4.78, 5) is 19.1. The van der Waals surface area contributed by atoms with Crippen LogP contribution in [0, 0.1) is 13.8 Å². The van der Waals surface area contributed by atoms with E-state index in [9.17, 15) is 13.2 Å². The number of morpholine rings is 1. The van der Waals surface area contributed by atoms with Crippen molar-refractivity contribution in [3.8, 4) is 10.7 Å². The van der Waals surface area contributed by atoms with Gasteiger partial charge in [0.05, 0.1) is 24.6 Å². The number of halogens is 1. The van der Waals surface area contributed by atoms with Crippen LogP contribution < -0.4 is 4.72 Å². The molecule has 11 heteroatoms. The molecule has 1 aliphatic rings. The highest BCUT2D eigenvalue weighted by Gasteiger charge is 2.24. The maximum absolute atomic E-state index is 13.2. The van der Waals surface area contributed by atoms with Crippen LogP contribution in [-0.4, -0.2) is 55.1 Å². The Kier molecular flexibility index (Phi) is 6.57. The zero-order valence-corrected chi connectivity index (χ0v) is 20.1. The summed E-state index contributed by atoms with van der Waals surface area (Å²) in [5.41, 5.74) is 2.44. The van der Waals surface area contributed by atoms with Crippen molar-refractivity contribution in [2.24, 2.45) is 0 Å². The lowest BCUT2D eigenvalue weighted by Gasteiger charge is -2.27. The van der Waals surface area contributed by atoms with Gasteiger partial charge in [0.1, 0.15) is 16.4 Å². The first-order valence-electron chi connectivity index (χ1n) is 10.0. The minimum Gasteiger partial charge on any atom is -0.378 e. The molecule has 32 heavy (non-hydrogen) atoms. The fourth-order valence-electron chi connectivity index (χ4n) is 3.39. The lowest BCUT2D eigenvalue weighted by Crippen LogP contribution is -2.42. The topological polar surface area (TPSA) is 93.5 Å². The molecule has 3 aromatic rings. The van der Waals surface area contributed by atoms with Gasteiger partial charge in [0, 0.05) is 35.4 Å². The predicted octanol–water partition coefficient (Wildman–Crippen LogP) is 3.54. The summed E-state index contributed by atoms with van der Waals surface area (Å²) in [6, 6.07) is 6.59. The summed E-state index contributed by atoms with van der Waals surface area (Å²) in [6.45, 7) is 5.67. The molecule has 1 aliphatic heterocycles. The van der Waals surface area contributed by atoms with Crippen LogP contribution in [0.1, 0.15) is 11.3 Å². The molecule has 1 aromatic carbocycles. The van der Waals surface area contributed by atoms with Gasteiger partial charge in [0.15, 0.2) is 0 Å². The number of amides is 1.